The Morgan fingerprint density at radius 2 is 2.12 bits per heavy atom. The van der Waals surface area contributed by atoms with E-state index in [-0.39, 0.29) is 5.91 Å². The SMILES string of the molecule is CC(=O)Nc1ccc(-c2cc(CN)on2)cc1. The van der Waals surface area contributed by atoms with E-state index in [4.69, 9.17) is 10.3 Å². The highest BCUT2D eigenvalue weighted by Gasteiger charge is 2.05. The van der Waals surface area contributed by atoms with Crippen LogP contribution in [-0.2, 0) is 11.3 Å². The molecule has 2 rings (SSSR count). The molecule has 3 N–H and O–H groups in total. The largest absolute Gasteiger partial charge is 0.359 e. The van der Waals surface area contributed by atoms with E-state index in [0.29, 0.717) is 12.3 Å². The maximum Gasteiger partial charge on any atom is 0.221 e. The van der Waals surface area contributed by atoms with Crippen molar-refractivity contribution in [2.24, 2.45) is 5.73 Å². The van der Waals surface area contributed by atoms with Gasteiger partial charge < -0.3 is 15.6 Å². The number of amides is 1. The number of anilines is 1. The van der Waals surface area contributed by atoms with Gasteiger partial charge in [0.05, 0.1) is 6.54 Å². The summed E-state index contributed by atoms with van der Waals surface area (Å²) in [6.45, 7) is 1.80. The number of nitrogens with two attached hydrogens (primary N) is 1. The smallest absolute Gasteiger partial charge is 0.221 e. The van der Waals surface area contributed by atoms with Gasteiger partial charge in [0, 0.05) is 24.2 Å². The van der Waals surface area contributed by atoms with Crippen molar-refractivity contribution in [2.45, 2.75) is 13.5 Å². The fourth-order valence-corrected chi connectivity index (χ4v) is 1.47. The molecule has 0 unspecified atom stereocenters. The molecular weight excluding hydrogens is 218 g/mol. The quantitative estimate of drug-likeness (QED) is 0.843. The molecule has 17 heavy (non-hydrogen) atoms. The topological polar surface area (TPSA) is 81.2 Å². The fraction of sp³-hybridized carbons (Fsp3) is 0.167. The van der Waals surface area contributed by atoms with Gasteiger partial charge in [-0.15, -0.1) is 0 Å². The Bertz CT molecular complexity index is 517. The number of nitrogens with one attached hydrogen (secondary N) is 1. The zero-order valence-corrected chi connectivity index (χ0v) is 9.43. The molecule has 0 saturated carbocycles. The lowest BCUT2D eigenvalue weighted by molar-refractivity contribution is -0.114. The van der Waals surface area contributed by atoms with Crippen LogP contribution in [-0.4, -0.2) is 11.1 Å². The summed E-state index contributed by atoms with van der Waals surface area (Å²) in [5, 5.41) is 6.60. The van der Waals surface area contributed by atoms with E-state index < -0.39 is 0 Å². The van der Waals surface area contributed by atoms with Crippen molar-refractivity contribution in [1.29, 1.82) is 0 Å². The lowest BCUT2D eigenvalue weighted by Gasteiger charge is -2.02. The van der Waals surface area contributed by atoms with Crippen LogP contribution in [0.5, 0.6) is 0 Å². The number of hydrogen-bond acceptors (Lipinski definition) is 4. The molecule has 0 aliphatic rings. The van der Waals surface area contributed by atoms with Crippen LogP contribution < -0.4 is 11.1 Å². The molecule has 0 bridgehead atoms. The standard InChI is InChI=1S/C12H13N3O2/c1-8(16)14-10-4-2-9(3-5-10)12-6-11(7-13)17-15-12/h2-6H,7,13H2,1H3,(H,14,16). The summed E-state index contributed by atoms with van der Waals surface area (Å²) in [5.41, 5.74) is 7.85. The van der Waals surface area contributed by atoms with E-state index in [1.807, 2.05) is 24.3 Å². The highest BCUT2D eigenvalue weighted by atomic mass is 16.5. The first-order chi connectivity index (χ1) is 8.19. The molecular formula is C12H13N3O2. The van der Waals surface area contributed by atoms with Gasteiger partial charge in [0.25, 0.3) is 0 Å². The van der Waals surface area contributed by atoms with Gasteiger partial charge in [0.1, 0.15) is 5.69 Å². The first-order valence-electron chi connectivity index (χ1n) is 5.22. The van der Waals surface area contributed by atoms with E-state index in [1.54, 1.807) is 6.07 Å². The maximum absolute atomic E-state index is 10.9. The molecule has 0 fully saturated rings. The van der Waals surface area contributed by atoms with E-state index in [1.165, 1.54) is 6.92 Å². The van der Waals surface area contributed by atoms with Gasteiger partial charge in [-0.25, -0.2) is 0 Å². The van der Waals surface area contributed by atoms with Gasteiger partial charge in [-0.2, -0.15) is 0 Å². The molecule has 5 nitrogen and oxygen atoms in total. The van der Waals surface area contributed by atoms with Crippen LogP contribution in [0.3, 0.4) is 0 Å². The normalized spacial score (nSPS) is 10.2. The molecule has 0 radical (unpaired) electrons. The number of hydrogen-bond donors (Lipinski definition) is 2. The Balaban J connectivity index is 2.19. The van der Waals surface area contributed by atoms with Crippen molar-refractivity contribution in [3.05, 3.63) is 36.1 Å². The average Bonchev–Trinajstić information content (AvgIpc) is 2.78. The summed E-state index contributed by atoms with van der Waals surface area (Å²) >= 11 is 0. The van der Waals surface area contributed by atoms with Crippen LogP contribution in [0, 0.1) is 0 Å². The average molecular weight is 231 g/mol. The Kier molecular flexibility index (Phi) is 3.20. The molecule has 0 atom stereocenters. The second-order valence-electron chi connectivity index (χ2n) is 3.64. The van der Waals surface area contributed by atoms with Crippen LogP contribution in [0.4, 0.5) is 5.69 Å². The molecule has 0 aliphatic heterocycles. The Labute approximate surface area is 98.6 Å². The third-order valence-corrected chi connectivity index (χ3v) is 2.26. The van der Waals surface area contributed by atoms with Gasteiger partial charge in [0.15, 0.2) is 5.76 Å². The third-order valence-electron chi connectivity index (χ3n) is 2.26. The molecule has 0 saturated heterocycles. The minimum atomic E-state index is -0.0930. The monoisotopic (exact) mass is 231 g/mol. The third kappa shape index (κ3) is 2.70. The number of carbonyl (C=O) groups excluding carboxylic acids is 1. The molecule has 1 amide bonds. The Morgan fingerprint density at radius 3 is 2.65 bits per heavy atom. The van der Waals surface area contributed by atoms with Gasteiger partial charge >= 0.3 is 0 Å². The van der Waals surface area contributed by atoms with Crippen molar-refractivity contribution in [1.82, 2.24) is 5.16 Å². The number of carbonyl (C=O) groups is 1. The summed E-state index contributed by atoms with van der Waals surface area (Å²) in [6, 6.07) is 9.15. The zero-order chi connectivity index (χ0) is 12.3. The number of aromatic nitrogens is 1. The Hall–Kier alpha value is -2.14. The van der Waals surface area contributed by atoms with E-state index in [9.17, 15) is 4.79 Å². The van der Waals surface area contributed by atoms with Crippen LogP contribution in [0.2, 0.25) is 0 Å². The highest BCUT2D eigenvalue weighted by molar-refractivity contribution is 5.88. The second-order valence-corrected chi connectivity index (χ2v) is 3.64. The van der Waals surface area contributed by atoms with Crippen molar-refractivity contribution >= 4 is 11.6 Å². The summed E-state index contributed by atoms with van der Waals surface area (Å²) in [4.78, 5) is 10.9. The first kappa shape index (κ1) is 11.3. The van der Waals surface area contributed by atoms with Crippen molar-refractivity contribution < 1.29 is 9.32 Å². The zero-order valence-electron chi connectivity index (χ0n) is 9.43. The molecule has 5 heteroatoms. The fourth-order valence-electron chi connectivity index (χ4n) is 1.47. The molecule has 1 heterocycles. The predicted molar refractivity (Wildman–Crippen MR) is 64.1 cm³/mol. The van der Waals surface area contributed by atoms with Crippen LogP contribution in [0.1, 0.15) is 12.7 Å². The summed E-state index contributed by atoms with van der Waals surface area (Å²) in [6.07, 6.45) is 0. The van der Waals surface area contributed by atoms with Gasteiger partial charge in [-0.3, -0.25) is 4.79 Å². The van der Waals surface area contributed by atoms with Crippen molar-refractivity contribution in [3.63, 3.8) is 0 Å². The predicted octanol–water partition coefficient (Wildman–Crippen LogP) is 1.76. The van der Waals surface area contributed by atoms with E-state index in [2.05, 4.69) is 10.5 Å². The summed E-state index contributed by atoms with van der Waals surface area (Å²) in [7, 11) is 0. The number of rotatable bonds is 3. The van der Waals surface area contributed by atoms with Crippen LogP contribution >= 0.6 is 0 Å². The minimum absolute atomic E-state index is 0.0930. The molecule has 0 spiro atoms. The van der Waals surface area contributed by atoms with Crippen LogP contribution in [0.15, 0.2) is 34.9 Å². The minimum Gasteiger partial charge on any atom is -0.359 e. The molecule has 1 aromatic carbocycles. The van der Waals surface area contributed by atoms with Gasteiger partial charge in [0.2, 0.25) is 5.91 Å². The first-order valence-corrected chi connectivity index (χ1v) is 5.22. The van der Waals surface area contributed by atoms with E-state index in [0.717, 1.165) is 16.9 Å². The highest BCUT2D eigenvalue weighted by Crippen LogP contribution is 2.21. The second kappa shape index (κ2) is 4.80. The molecule has 88 valence electrons. The lowest BCUT2D eigenvalue weighted by atomic mass is 10.1. The maximum atomic E-state index is 10.9. The van der Waals surface area contributed by atoms with Gasteiger partial charge in [-0.05, 0) is 12.1 Å². The summed E-state index contributed by atoms with van der Waals surface area (Å²) < 4.78 is 5.02. The Morgan fingerprint density at radius 1 is 1.41 bits per heavy atom. The molecule has 2 aromatic rings. The number of benzene rings is 1. The summed E-state index contributed by atoms with van der Waals surface area (Å²) in [5.74, 6) is 0.551. The molecule has 0 aliphatic carbocycles. The van der Waals surface area contributed by atoms with Crippen molar-refractivity contribution in [3.8, 4) is 11.3 Å². The molecule has 1 aromatic heterocycles. The number of nitrogens with zero attached hydrogens (tertiary/aromatic N) is 1. The van der Waals surface area contributed by atoms with Crippen molar-refractivity contribution in [2.75, 3.05) is 5.32 Å². The lowest BCUT2D eigenvalue weighted by Crippen LogP contribution is -2.05. The van der Waals surface area contributed by atoms with Crippen LogP contribution in [0.25, 0.3) is 11.3 Å². The van der Waals surface area contributed by atoms with E-state index >= 15 is 0 Å². The van der Waals surface area contributed by atoms with Gasteiger partial charge in [-0.1, -0.05) is 17.3 Å².